The minimum Gasteiger partial charge on any atom is -0.231 e. The van der Waals surface area contributed by atoms with Gasteiger partial charge in [0.25, 0.3) is 0 Å². The van der Waals surface area contributed by atoms with Gasteiger partial charge in [0, 0.05) is 17.6 Å². The fourth-order valence-corrected chi connectivity index (χ4v) is 3.17. The lowest BCUT2D eigenvalue weighted by Gasteiger charge is -2.25. The van der Waals surface area contributed by atoms with Crippen molar-refractivity contribution in [2.75, 3.05) is 0 Å². The van der Waals surface area contributed by atoms with Crippen LogP contribution >= 0.6 is 11.8 Å². The van der Waals surface area contributed by atoms with Crippen molar-refractivity contribution < 1.29 is 0 Å². The van der Waals surface area contributed by atoms with Crippen molar-refractivity contribution in [1.82, 2.24) is 9.97 Å². The minimum atomic E-state index is 0.671. The Kier molecular flexibility index (Phi) is 3.78. The highest BCUT2D eigenvalue weighted by Gasteiger charge is 2.21. The number of rotatable bonds is 3. The largest absolute Gasteiger partial charge is 0.231 e. The Morgan fingerprint density at radius 3 is 2.87 bits per heavy atom. The van der Waals surface area contributed by atoms with Gasteiger partial charge in [-0.25, -0.2) is 9.97 Å². The monoisotopic (exact) mass is 220 g/mol. The summed E-state index contributed by atoms with van der Waals surface area (Å²) in [6.45, 7) is 3.89. The molecule has 0 bridgehead atoms. The van der Waals surface area contributed by atoms with Gasteiger partial charge in [-0.1, -0.05) is 24.3 Å². The lowest BCUT2D eigenvalue weighted by molar-refractivity contribution is 0.429. The molecule has 0 aliphatic heterocycles. The second-order valence-electron chi connectivity index (χ2n) is 3.93. The van der Waals surface area contributed by atoms with Gasteiger partial charge in [0.05, 0.1) is 0 Å². The summed E-state index contributed by atoms with van der Waals surface area (Å²) in [7, 11) is 0. The second-order valence-corrected chi connectivity index (χ2v) is 5.20. The maximum absolute atomic E-state index is 4.25. The lowest BCUT2D eigenvalue weighted by atomic mass is 9.89. The molecule has 0 N–H and O–H groups in total. The smallest absolute Gasteiger partial charge is 0.187 e. The zero-order valence-corrected chi connectivity index (χ0v) is 9.62. The van der Waals surface area contributed by atoms with Gasteiger partial charge in [0.15, 0.2) is 5.16 Å². The van der Waals surface area contributed by atoms with E-state index in [2.05, 4.69) is 22.6 Å². The van der Waals surface area contributed by atoms with Crippen LogP contribution in [-0.2, 0) is 0 Å². The van der Waals surface area contributed by atoms with Gasteiger partial charge in [0.1, 0.15) is 0 Å². The van der Waals surface area contributed by atoms with Gasteiger partial charge in [-0.3, -0.25) is 0 Å². The summed E-state index contributed by atoms with van der Waals surface area (Å²) in [5, 5.41) is 1.58. The fraction of sp³-hybridized carbons (Fsp3) is 0.500. The number of hydrogen-bond donors (Lipinski definition) is 0. The number of aromatic nitrogens is 2. The first-order valence-corrected chi connectivity index (χ1v) is 6.32. The van der Waals surface area contributed by atoms with E-state index in [0.717, 1.165) is 5.16 Å². The Balaban J connectivity index is 1.92. The van der Waals surface area contributed by atoms with E-state index in [1.807, 2.05) is 30.2 Å². The van der Waals surface area contributed by atoms with Crippen molar-refractivity contribution >= 4 is 11.8 Å². The Morgan fingerprint density at radius 2 is 2.13 bits per heavy atom. The van der Waals surface area contributed by atoms with Crippen molar-refractivity contribution in [3.05, 3.63) is 31.1 Å². The molecule has 0 spiro atoms. The summed E-state index contributed by atoms with van der Waals surface area (Å²) in [5.74, 6) is 0.694. The third kappa shape index (κ3) is 3.06. The van der Waals surface area contributed by atoms with Crippen LogP contribution in [0, 0.1) is 5.92 Å². The molecule has 1 fully saturated rings. The molecule has 2 nitrogen and oxygen atoms in total. The average Bonchev–Trinajstić information content (AvgIpc) is 2.31. The summed E-state index contributed by atoms with van der Waals surface area (Å²) in [4.78, 5) is 8.50. The van der Waals surface area contributed by atoms with Crippen molar-refractivity contribution in [2.24, 2.45) is 5.92 Å². The van der Waals surface area contributed by atoms with Gasteiger partial charge in [-0.15, -0.1) is 6.58 Å². The van der Waals surface area contributed by atoms with E-state index in [9.17, 15) is 0 Å². The molecule has 0 aromatic carbocycles. The molecule has 1 aliphatic carbocycles. The molecule has 1 aliphatic rings. The second kappa shape index (κ2) is 5.31. The fourth-order valence-electron chi connectivity index (χ4n) is 2.00. The SMILES string of the molecule is C=CC1CCC[C@@H](Sc2ncccn2)C1. The van der Waals surface area contributed by atoms with Crippen LogP contribution in [0.2, 0.25) is 0 Å². The Labute approximate surface area is 95.2 Å². The third-order valence-corrected chi connectivity index (χ3v) is 4.00. The zero-order valence-electron chi connectivity index (χ0n) is 8.80. The highest BCUT2D eigenvalue weighted by Crippen LogP contribution is 2.34. The van der Waals surface area contributed by atoms with Crippen LogP contribution < -0.4 is 0 Å². The number of hydrogen-bond acceptors (Lipinski definition) is 3. The molecule has 2 atom stereocenters. The average molecular weight is 220 g/mol. The van der Waals surface area contributed by atoms with Gasteiger partial charge >= 0.3 is 0 Å². The van der Waals surface area contributed by atoms with Crippen LogP contribution in [0.25, 0.3) is 0 Å². The van der Waals surface area contributed by atoms with Gasteiger partial charge in [-0.05, 0) is 31.2 Å². The quantitative estimate of drug-likeness (QED) is 0.577. The molecule has 0 radical (unpaired) electrons. The van der Waals surface area contributed by atoms with Gasteiger partial charge in [0.2, 0.25) is 0 Å². The molecule has 1 heterocycles. The third-order valence-electron chi connectivity index (χ3n) is 2.81. The molecule has 1 aromatic rings. The standard InChI is InChI=1S/C12H16N2S/c1-2-10-5-3-6-11(9-10)15-12-13-7-4-8-14-12/h2,4,7-8,10-11H,1,3,5-6,9H2/t10?,11-/m1/s1. The van der Waals surface area contributed by atoms with E-state index < -0.39 is 0 Å². The first kappa shape index (κ1) is 10.7. The highest BCUT2D eigenvalue weighted by atomic mass is 32.2. The van der Waals surface area contributed by atoms with Crippen molar-refractivity contribution in [3.63, 3.8) is 0 Å². The number of allylic oxidation sites excluding steroid dienone is 1. The van der Waals surface area contributed by atoms with E-state index in [1.54, 1.807) is 0 Å². The summed E-state index contributed by atoms with van der Waals surface area (Å²) in [6.07, 6.45) is 10.8. The molecular formula is C12H16N2S. The van der Waals surface area contributed by atoms with Crippen molar-refractivity contribution in [1.29, 1.82) is 0 Å². The van der Waals surface area contributed by atoms with E-state index in [-0.39, 0.29) is 0 Å². The minimum absolute atomic E-state index is 0.671. The normalized spacial score (nSPS) is 26.1. The summed E-state index contributed by atoms with van der Waals surface area (Å²) in [6, 6.07) is 1.86. The van der Waals surface area contributed by atoms with E-state index >= 15 is 0 Å². The molecule has 15 heavy (non-hydrogen) atoms. The maximum Gasteiger partial charge on any atom is 0.187 e. The maximum atomic E-state index is 4.25. The molecule has 1 unspecified atom stereocenters. The number of nitrogens with zero attached hydrogens (tertiary/aromatic N) is 2. The van der Waals surface area contributed by atoms with E-state index in [4.69, 9.17) is 0 Å². The van der Waals surface area contributed by atoms with Crippen LogP contribution in [-0.4, -0.2) is 15.2 Å². The molecule has 1 saturated carbocycles. The predicted octanol–water partition coefficient (Wildman–Crippen LogP) is 3.31. The van der Waals surface area contributed by atoms with Gasteiger partial charge in [-0.2, -0.15) is 0 Å². The van der Waals surface area contributed by atoms with Crippen LogP contribution in [0.3, 0.4) is 0 Å². The molecule has 80 valence electrons. The van der Waals surface area contributed by atoms with E-state index in [1.165, 1.54) is 25.7 Å². The molecule has 2 rings (SSSR count). The molecule has 0 amide bonds. The highest BCUT2D eigenvalue weighted by molar-refractivity contribution is 7.99. The van der Waals surface area contributed by atoms with Crippen molar-refractivity contribution in [3.8, 4) is 0 Å². The first-order chi connectivity index (χ1) is 7.38. The van der Waals surface area contributed by atoms with Crippen molar-refractivity contribution in [2.45, 2.75) is 36.1 Å². The first-order valence-electron chi connectivity index (χ1n) is 5.44. The Bertz CT molecular complexity index is 313. The Morgan fingerprint density at radius 1 is 1.33 bits per heavy atom. The molecule has 0 saturated heterocycles. The summed E-state index contributed by atoms with van der Waals surface area (Å²) < 4.78 is 0. The summed E-state index contributed by atoms with van der Waals surface area (Å²) >= 11 is 1.81. The number of thioether (sulfide) groups is 1. The zero-order chi connectivity index (χ0) is 10.5. The summed E-state index contributed by atoms with van der Waals surface area (Å²) in [5.41, 5.74) is 0. The lowest BCUT2D eigenvalue weighted by Crippen LogP contribution is -2.16. The molecule has 1 aromatic heterocycles. The Hall–Kier alpha value is -0.830. The van der Waals surface area contributed by atoms with Crippen LogP contribution in [0.1, 0.15) is 25.7 Å². The molecule has 3 heteroatoms. The van der Waals surface area contributed by atoms with E-state index in [0.29, 0.717) is 11.2 Å². The topological polar surface area (TPSA) is 25.8 Å². The molecular weight excluding hydrogens is 204 g/mol. The predicted molar refractivity (Wildman–Crippen MR) is 63.8 cm³/mol. The van der Waals surface area contributed by atoms with Crippen LogP contribution in [0.15, 0.2) is 36.3 Å². The van der Waals surface area contributed by atoms with Crippen LogP contribution in [0.4, 0.5) is 0 Å². The van der Waals surface area contributed by atoms with Crippen LogP contribution in [0.5, 0.6) is 0 Å². The van der Waals surface area contributed by atoms with Gasteiger partial charge < -0.3 is 0 Å².